The van der Waals surface area contributed by atoms with Gasteiger partial charge in [0.25, 0.3) is 5.91 Å². The van der Waals surface area contributed by atoms with E-state index in [-0.39, 0.29) is 11.7 Å². The fourth-order valence-corrected chi connectivity index (χ4v) is 1.41. The molecule has 0 radical (unpaired) electrons. The minimum atomic E-state index is -0.260. The number of carbonyl (C=O) groups excluding carboxylic acids is 2. The van der Waals surface area contributed by atoms with E-state index in [2.05, 4.69) is 11.9 Å². The molecule has 0 aliphatic rings. The molecule has 0 fully saturated rings. The van der Waals surface area contributed by atoms with E-state index in [0.29, 0.717) is 16.7 Å². The Bertz CT molecular complexity index is 461. The number of nitrogens with one attached hydrogen (secondary N) is 1. The first-order valence-corrected chi connectivity index (χ1v) is 5.00. The van der Waals surface area contributed by atoms with Crippen molar-refractivity contribution in [1.29, 1.82) is 0 Å². The standard InChI is InChI=1S/C13H15NO2/c1-8(2)12(15)11-7-9(3)5-6-10(11)13(16)14-4/h5-7H,1H2,2-4H3,(H,14,16). The summed E-state index contributed by atoms with van der Waals surface area (Å²) >= 11 is 0. The smallest absolute Gasteiger partial charge is 0.251 e. The molecule has 84 valence electrons. The molecule has 0 atom stereocenters. The molecule has 0 saturated carbocycles. The summed E-state index contributed by atoms with van der Waals surface area (Å²) in [7, 11) is 1.54. The van der Waals surface area contributed by atoms with Gasteiger partial charge >= 0.3 is 0 Å². The van der Waals surface area contributed by atoms with Crippen LogP contribution in [0.15, 0.2) is 30.4 Å². The van der Waals surface area contributed by atoms with Crippen molar-refractivity contribution in [2.24, 2.45) is 0 Å². The van der Waals surface area contributed by atoms with Gasteiger partial charge in [-0.3, -0.25) is 9.59 Å². The van der Waals surface area contributed by atoms with Gasteiger partial charge in [-0.15, -0.1) is 0 Å². The quantitative estimate of drug-likeness (QED) is 0.622. The zero-order chi connectivity index (χ0) is 12.3. The zero-order valence-corrected chi connectivity index (χ0v) is 9.76. The number of aryl methyl sites for hydroxylation is 1. The van der Waals surface area contributed by atoms with Gasteiger partial charge in [0, 0.05) is 12.6 Å². The van der Waals surface area contributed by atoms with Crippen molar-refractivity contribution in [3.63, 3.8) is 0 Å². The van der Waals surface area contributed by atoms with Crippen molar-refractivity contribution >= 4 is 11.7 Å². The van der Waals surface area contributed by atoms with Crippen LogP contribution in [-0.2, 0) is 0 Å². The lowest BCUT2D eigenvalue weighted by atomic mass is 9.97. The normalized spacial score (nSPS) is 9.69. The van der Waals surface area contributed by atoms with Gasteiger partial charge < -0.3 is 5.32 Å². The summed E-state index contributed by atoms with van der Waals surface area (Å²) in [5, 5.41) is 2.51. The van der Waals surface area contributed by atoms with Gasteiger partial charge in [0.1, 0.15) is 0 Å². The van der Waals surface area contributed by atoms with Gasteiger partial charge in [0.2, 0.25) is 0 Å². The zero-order valence-electron chi connectivity index (χ0n) is 9.76. The lowest BCUT2D eigenvalue weighted by Crippen LogP contribution is -2.21. The summed E-state index contributed by atoms with van der Waals surface area (Å²) in [4.78, 5) is 23.4. The third-order valence-electron chi connectivity index (χ3n) is 2.28. The highest BCUT2D eigenvalue weighted by Crippen LogP contribution is 2.15. The number of hydrogen-bond acceptors (Lipinski definition) is 2. The molecule has 0 saturated heterocycles. The van der Waals surface area contributed by atoms with Crippen LogP contribution in [0.1, 0.15) is 33.2 Å². The Balaban J connectivity index is 3.34. The summed E-state index contributed by atoms with van der Waals surface area (Å²) in [6.07, 6.45) is 0. The molecule has 3 heteroatoms. The highest BCUT2D eigenvalue weighted by Gasteiger charge is 2.16. The van der Waals surface area contributed by atoms with Crippen LogP contribution in [0.2, 0.25) is 0 Å². The van der Waals surface area contributed by atoms with E-state index < -0.39 is 0 Å². The van der Waals surface area contributed by atoms with Crippen LogP contribution in [0, 0.1) is 6.92 Å². The summed E-state index contributed by atoms with van der Waals surface area (Å²) in [5.74, 6) is -0.452. The molecular formula is C13H15NO2. The fourth-order valence-electron chi connectivity index (χ4n) is 1.41. The molecule has 0 unspecified atom stereocenters. The summed E-state index contributed by atoms with van der Waals surface area (Å²) in [5.41, 5.74) is 2.17. The highest BCUT2D eigenvalue weighted by molar-refractivity contribution is 6.14. The van der Waals surface area contributed by atoms with Gasteiger partial charge in [0.15, 0.2) is 5.78 Å². The molecule has 16 heavy (non-hydrogen) atoms. The first-order chi connectivity index (χ1) is 7.47. The van der Waals surface area contributed by atoms with Crippen LogP contribution in [0.3, 0.4) is 0 Å². The average Bonchev–Trinajstić information content (AvgIpc) is 2.26. The minimum absolute atomic E-state index is 0.192. The maximum atomic E-state index is 11.9. The molecule has 0 aliphatic heterocycles. The lowest BCUT2D eigenvalue weighted by Gasteiger charge is -2.08. The minimum Gasteiger partial charge on any atom is -0.355 e. The van der Waals surface area contributed by atoms with E-state index >= 15 is 0 Å². The molecule has 0 bridgehead atoms. The second-order valence-electron chi connectivity index (χ2n) is 3.74. The third-order valence-corrected chi connectivity index (χ3v) is 2.28. The molecule has 0 aromatic heterocycles. The maximum absolute atomic E-state index is 11.9. The average molecular weight is 217 g/mol. The topological polar surface area (TPSA) is 46.2 Å². The molecule has 1 rings (SSSR count). The first-order valence-electron chi connectivity index (χ1n) is 5.00. The van der Waals surface area contributed by atoms with E-state index in [1.165, 1.54) is 7.05 Å². The van der Waals surface area contributed by atoms with Crippen molar-refractivity contribution in [2.75, 3.05) is 7.05 Å². The van der Waals surface area contributed by atoms with E-state index in [0.717, 1.165) is 5.56 Å². The van der Waals surface area contributed by atoms with Gasteiger partial charge in [-0.25, -0.2) is 0 Å². The van der Waals surface area contributed by atoms with Crippen LogP contribution in [0.25, 0.3) is 0 Å². The largest absolute Gasteiger partial charge is 0.355 e. The Hall–Kier alpha value is -1.90. The number of carbonyl (C=O) groups is 2. The predicted octanol–water partition coefficient (Wildman–Crippen LogP) is 2.11. The number of ketones is 1. The Morgan fingerprint density at radius 1 is 1.25 bits per heavy atom. The van der Waals surface area contributed by atoms with E-state index in [4.69, 9.17) is 0 Å². The van der Waals surface area contributed by atoms with Gasteiger partial charge in [0.05, 0.1) is 5.56 Å². The molecular weight excluding hydrogens is 202 g/mol. The van der Waals surface area contributed by atoms with Crippen LogP contribution >= 0.6 is 0 Å². The number of benzene rings is 1. The fraction of sp³-hybridized carbons (Fsp3) is 0.231. The number of rotatable bonds is 3. The maximum Gasteiger partial charge on any atom is 0.251 e. The summed E-state index contributed by atoms with van der Waals surface area (Å²) in [6, 6.07) is 5.17. The number of amides is 1. The summed E-state index contributed by atoms with van der Waals surface area (Å²) in [6.45, 7) is 7.12. The number of Topliss-reactive ketones (excluding diaryl/α,β-unsaturated/α-hetero) is 1. The summed E-state index contributed by atoms with van der Waals surface area (Å²) < 4.78 is 0. The molecule has 1 N–H and O–H groups in total. The van der Waals surface area contributed by atoms with Gasteiger partial charge in [-0.05, 0) is 31.6 Å². The third kappa shape index (κ3) is 2.37. The Morgan fingerprint density at radius 3 is 2.38 bits per heavy atom. The lowest BCUT2D eigenvalue weighted by molar-refractivity contribution is 0.0950. The Morgan fingerprint density at radius 2 is 1.88 bits per heavy atom. The SMILES string of the molecule is C=C(C)C(=O)c1cc(C)ccc1C(=O)NC. The molecule has 0 heterocycles. The van der Waals surface area contributed by atoms with Crippen molar-refractivity contribution in [3.05, 3.63) is 47.0 Å². The van der Waals surface area contributed by atoms with Crippen LogP contribution < -0.4 is 5.32 Å². The van der Waals surface area contributed by atoms with Crippen LogP contribution in [-0.4, -0.2) is 18.7 Å². The molecule has 1 aromatic rings. The van der Waals surface area contributed by atoms with Crippen LogP contribution in [0.5, 0.6) is 0 Å². The first kappa shape index (κ1) is 12.2. The predicted molar refractivity (Wildman–Crippen MR) is 63.7 cm³/mol. The van der Waals surface area contributed by atoms with Crippen molar-refractivity contribution in [2.45, 2.75) is 13.8 Å². The van der Waals surface area contributed by atoms with E-state index in [1.54, 1.807) is 25.1 Å². The molecule has 1 amide bonds. The van der Waals surface area contributed by atoms with Crippen LogP contribution in [0.4, 0.5) is 0 Å². The van der Waals surface area contributed by atoms with Crippen molar-refractivity contribution < 1.29 is 9.59 Å². The second kappa shape index (κ2) is 4.75. The Kier molecular flexibility index (Phi) is 3.61. The van der Waals surface area contributed by atoms with Gasteiger partial charge in [-0.1, -0.05) is 18.2 Å². The van der Waals surface area contributed by atoms with Crippen molar-refractivity contribution in [1.82, 2.24) is 5.32 Å². The molecule has 0 aliphatic carbocycles. The van der Waals surface area contributed by atoms with E-state index in [9.17, 15) is 9.59 Å². The molecule has 3 nitrogen and oxygen atoms in total. The number of allylic oxidation sites excluding steroid dienone is 1. The highest BCUT2D eigenvalue weighted by atomic mass is 16.2. The Labute approximate surface area is 95.2 Å². The van der Waals surface area contributed by atoms with Crippen molar-refractivity contribution in [3.8, 4) is 0 Å². The second-order valence-corrected chi connectivity index (χ2v) is 3.74. The van der Waals surface area contributed by atoms with Gasteiger partial charge in [-0.2, -0.15) is 0 Å². The monoisotopic (exact) mass is 217 g/mol. The molecule has 1 aromatic carbocycles. The number of hydrogen-bond donors (Lipinski definition) is 1. The molecule has 0 spiro atoms. The van der Waals surface area contributed by atoms with E-state index in [1.807, 2.05) is 6.92 Å².